The molecule has 3 rings (SSSR count). The van der Waals surface area contributed by atoms with Crippen LogP contribution in [0.3, 0.4) is 0 Å². The summed E-state index contributed by atoms with van der Waals surface area (Å²) in [5.74, 6) is 0.353. The van der Waals surface area contributed by atoms with Crippen molar-refractivity contribution in [3.05, 3.63) is 54.9 Å². The van der Waals surface area contributed by atoms with Gasteiger partial charge in [0.05, 0.1) is 31.0 Å². The van der Waals surface area contributed by atoms with Crippen LogP contribution < -0.4 is 10.1 Å². The fourth-order valence-corrected chi connectivity index (χ4v) is 3.01. The average molecular weight is 380 g/mol. The number of aromatic nitrogens is 2. The topological polar surface area (TPSA) is 76.5 Å². The third-order valence-electron chi connectivity index (χ3n) is 4.52. The Labute approximate surface area is 163 Å². The van der Waals surface area contributed by atoms with Crippen LogP contribution >= 0.6 is 0 Å². The number of hydrogen-bond acceptors (Lipinski definition) is 4. The number of para-hydroxylation sites is 2. The zero-order valence-corrected chi connectivity index (χ0v) is 16.1. The summed E-state index contributed by atoms with van der Waals surface area (Å²) in [6.45, 7) is 2.86. The number of amides is 2. The Kier molecular flexibility index (Phi) is 6.26. The first-order chi connectivity index (χ1) is 13.6. The van der Waals surface area contributed by atoms with E-state index >= 15 is 0 Å². The molecule has 28 heavy (non-hydrogen) atoms. The molecule has 7 nitrogen and oxygen atoms in total. The first-order valence-electron chi connectivity index (χ1n) is 9.22. The maximum Gasteiger partial charge on any atom is 0.243 e. The van der Waals surface area contributed by atoms with E-state index in [9.17, 15) is 9.59 Å². The summed E-state index contributed by atoms with van der Waals surface area (Å²) in [6.07, 6.45) is 2.05. The molecule has 7 heteroatoms. The normalized spacial score (nSPS) is 10.6. The molecule has 0 spiro atoms. The van der Waals surface area contributed by atoms with Crippen molar-refractivity contribution in [3.8, 4) is 5.75 Å². The number of carbonyl (C=O) groups excluding carboxylic acids is 2. The van der Waals surface area contributed by atoms with E-state index in [1.54, 1.807) is 42.6 Å². The number of hydrogen-bond donors (Lipinski definition) is 1. The predicted octanol–water partition coefficient (Wildman–Crippen LogP) is 2.92. The van der Waals surface area contributed by atoms with Gasteiger partial charge in [-0.05, 0) is 31.2 Å². The Bertz CT molecular complexity index is 967. The minimum absolute atomic E-state index is 0.0111. The Hall–Kier alpha value is -3.35. The summed E-state index contributed by atoms with van der Waals surface area (Å²) in [7, 11) is 1.57. The molecule has 2 amide bonds. The van der Waals surface area contributed by atoms with Crippen LogP contribution in [0.25, 0.3) is 11.0 Å². The fraction of sp³-hybridized carbons (Fsp3) is 0.286. The van der Waals surface area contributed by atoms with Gasteiger partial charge in [-0.25, -0.2) is 4.98 Å². The molecule has 0 aliphatic rings. The first kappa shape index (κ1) is 19.4. The van der Waals surface area contributed by atoms with E-state index in [1.807, 2.05) is 35.8 Å². The van der Waals surface area contributed by atoms with E-state index in [1.165, 1.54) is 0 Å². The third-order valence-corrected chi connectivity index (χ3v) is 4.52. The predicted molar refractivity (Wildman–Crippen MR) is 108 cm³/mol. The van der Waals surface area contributed by atoms with E-state index in [-0.39, 0.29) is 18.4 Å². The maximum atomic E-state index is 12.6. The van der Waals surface area contributed by atoms with Gasteiger partial charge in [0.1, 0.15) is 5.75 Å². The van der Waals surface area contributed by atoms with Gasteiger partial charge in [0, 0.05) is 31.3 Å². The first-order valence-corrected chi connectivity index (χ1v) is 9.22. The van der Waals surface area contributed by atoms with Crippen LogP contribution in [0, 0.1) is 0 Å². The van der Waals surface area contributed by atoms with Gasteiger partial charge in [0.25, 0.3) is 0 Å². The molecule has 146 valence electrons. The third kappa shape index (κ3) is 4.68. The molecule has 3 aromatic rings. The molecule has 1 N–H and O–H groups in total. The second-order valence-electron chi connectivity index (χ2n) is 6.36. The maximum absolute atomic E-state index is 12.6. The summed E-state index contributed by atoms with van der Waals surface area (Å²) in [6, 6.07) is 14.9. The molecule has 2 aromatic carbocycles. The molecule has 0 aliphatic carbocycles. The van der Waals surface area contributed by atoms with E-state index in [4.69, 9.17) is 4.74 Å². The minimum atomic E-state index is -0.239. The smallest absolute Gasteiger partial charge is 0.243 e. The number of rotatable bonds is 8. The average Bonchev–Trinajstić information content (AvgIpc) is 3.13. The zero-order valence-electron chi connectivity index (χ0n) is 16.1. The fourth-order valence-electron chi connectivity index (χ4n) is 3.01. The van der Waals surface area contributed by atoms with Crippen molar-refractivity contribution in [1.29, 1.82) is 0 Å². The molecular formula is C21H24N4O3. The molecule has 1 heterocycles. The van der Waals surface area contributed by atoms with Gasteiger partial charge in [-0.15, -0.1) is 0 Å². The molecule has 0 saturated carbocycles. The highest BCUT2D eigenvalue weighted by atomic mass is 16.5. The lowest BCUT2D eigenvalue weighted by Crippen LogP contribution is -2.38. The lowest BCUT2D eigenvalue weighted by molar-refractivity contribution is -0.134. The van der Waals surface area contributed by atoms with E-state index < -0.39 is 0 Å². The second kappa shape index (κ2) is 9.03. The summed E-state index contributed by atoms with van der Waals surface area (Å²) in [5, 5.41) is 2.80. The van der Waals surface area contributed by atoms with Gasteiger partial charge >= 0.3 is 0 Å². The lowest BCUT2D eigenvalue weighted by Gasteiger charge is -2.20. The lowest BCUT2D eigenvalue weighted by atomic mass is 10.3. The number of nitrogens with zero attached hydrogens (tertiary/aromatic N) is 3. The molecule has 0 fully saturated rings. The number of nitrogens with one attached hydrogen (secondary N) is 1. The molecular weight excluding hydrogens is 356 g/mol. The van der Waals surface area contributed by atoms with Crippen LogP contribution in [0.1, 0.15) is 13.3 Å². The SMILES string of the molecule is CCN(CC(=O)Nc1cccc(OC)c1)C(=O)CCn1cnc2ccccc21. The molecule has 0 unspecified atom stereocenters. The summed E-state index contributed by atoms with van der Waals surface area (Å²) >= 11 is 0. The number of anilines is 1. The van der Waals surface area contributed by atoms with E-state index in [2.05, 4.69) is 10.3 Å². The molecule has 0 bridgehead atoms. The number of aryl methyl sites for hydroxylation is 1. The van der Waals surface area contributed by atoms with Gasteiger partial charge in [-0.2, -0.15) is 0 Å². The van der Waals surface area contributed by atoms with Crippen molar-refractivity contribution in [2.24, 2.45) is 0 Å². The van der Waals surface area contributed by atoms with Gasteiger partial charge in [-0.1, -0.05) is 18.2 Å². The Morgan fingerprint density at radius 2 is 2.00 bits per heavy atom. The Morgan fingerprint density at radius 3 is 2.79 bits per heavy atom. The van der Waals surface area contributed by atoms with Gasteiger partial charge < -0.3 is 19.5 Å². The van der Waals surface area contributed by atoms with Crippen molar-refractivity contribution in [2.75, 3.05) is 25.5 Å². The van der Waals surface area contributed by atoms with Crippen molar-refractivity contribution < 1.29 is 14.3 Å². The van der Waals surface area contributed by atoms with Crippen molar-refractivity contribution in [1.82, 2.24) is 14.5 Å². The number of likely N-dealkylation sites (N-methyl/N-ethyl adjacent to an activating group) is 1. The number of imidazole rings is 1. The Morgan fingerprint density at radius 1 is 1.18 bits per heavy atom. The Balaban J connectivity index is 1.56. The minimum Gasteiger partial charge on any atom is -0.497 e. The number of ether oxygens (including phenoxy) is 1. The summed E-state index contributed by atoms with van der Waals surface area (Å²) in [5.41, 5.74) is 2.53. The van der Waals surface area contributed by atoms with Crippen LogP contribution in [0.15, 0.2) is 54.9 Å². The molecule has 1 aromatic heterocycles. The van der Waals surface area contributed by atoms with Crippen LogP contribution in [0.2, 0.25) is 0 Å². The number of carbonyl (C=O) groups is 2. The van der Waals surface area contributed by atoms with Crippen molar-refractivity contribution >= 4 is 28.5 Å². The van der Waals surface area contributed by atoms with Crippen molar-refractivity contribution in [3.63, 3.8) is 0 Å². The number of fused-ring (bicyclic) bond motifs is 1. The quantitative estimate of drug-likeness (QED) is 0.652. The van der Waals surface area contributed by atoms with Gasteiger partial charge in [-0.3, -0.25) is 9.59 Å². The summed E-state index contributed by atoms with van der Waals surface area (Å²) in [4.78, 5) is 30.8. The molecule has 0 saturated heterocycles. The molecule has 0 aliphatic heterocycles. The highest BCUT2D eigenvalue weighted by Gasteiger charge is 2.16. The summed E-state index contributed by atoms with van der Waals surface area (Å²) < 4.78 is 7.11. The van der Waals surface area contributed by atoms with Gasteiger partial charge in [0.15, 0.2) is 0 Å². The highest BCUT2D eigenvalue weighted by Crippen LogP contribution is 2.17. The zero-order chi connectivity index (χ0) is 19.9. The monoisotopic (exact) mass is 380 g/mol. The van der Waals surface area contributed by atoms with E-state index in [0.717, 1.165) is 11.0 Å². The second-order valence-corrected chi connectivity index (χ2v) is 6.36. The van der Waals surface area contributed by atoms with Crippen LogP contribution in [0.5, 0.6) is 5.75 Å². The van der Waals surface area contributed by atoms with Crippen LogP contribution in [-0.4, -0.2) is 46.5 Å². The standard InChI is InChI=1S/C21H24N4O3/c1-3-24(14-20(26)23-16-7-6-8-17(13-16)28-2)21(27)11-12-25-15-22-18-9-4-5-10-19(18)25/h4-10,13,15H,3,11-12,14H2,1-2H3,(H,23,26). The largest absolute Gasteiger partial charge is 0.497 e. The molecule has 0 atom stereocenters. The van der Waals surface area contributed by atoms with Crippen LogP contribution in [-0.2, 0) is 16.1 Å². The number of methoxy groups -OCH3 is 1. The van der Waals surface area contributed by atoms with Gasteiger partial charge in [0.2, 0.25) is 11.8 Å². The van der Waals surface area contributed by atoms with Crippen LogP contribution in [0.4, 0.5) is 5.69 Å². The molecule has 0 radical (unpaired) electrons. The highest BCUT2D eigenvalue weighted by molar-refractivity contribution is 5.94. The van der Waals surface area contributed by atoms with Crippen molar-refractivity contribution in [2.45, 2.75) is 19.9 Å². The van der Waals surface area contributed by atoms with E-state index in [0.29, 0.717) is 30.9 Å². The number of benzene rings is 2.